The van der Waals surface area contributed by atoms with Gasteiger partial charge in [0.2, 0.25) is 0 Å². The van der Waals surface area contributed by atoms with Crippen LogP contribution in [0.1, 0.15) is 22.8 Å². The minimum atomic E-state index is -0.638. The molecule has 0 bridgehead atoms. The topological polar surface area (TPSA) is 56.5 Å². The Kier molecular flexibility index (Phi) is 4.57. The van der Waals surface area contributed by atoms with Gasteiger partial charge in [0.05, 0.1) is 6.61 Å². The van der Waals surface area contributed by atoms with E-state index < -0.39 is 11.4 Å². The summed E-state index contributed by atoms with van der Waals surface area (Å²) in [5.74, 6) is 0.287. The van der Waals surface area contributed by atoms with Crippen LogP contribution in [0.2, 0.25) is 0 Å². The first kappa shape index (κ1) is 15.7. The minimum absolute atomic E-state index is 0.0128. The first-order valence-electron chi connectivity index (χ1n) is 7.66. The van der Waals surface area contributed by atoms with E-state index in [4.69, 9.17) is 9.15 Å². The Hall–Kier alpha value is -3.14. The largest absolute Gasteiger partial charge is 0.493 e. The maximum atomic E-state index is 12.4. The second-order valence-corrected chi connectivity index (χ2v) is 5.15. The zero-order chi connectivity index (χ0) is 16.9. The Morgan fingerprint density at radius 3 is 2.71 bits per heavy atom. The molecule has 0 saturated heterocycles. The molecule has 0 fully saturated rings. The molecule has 4 heteroatoms. The van der Waals surface area contributed by atoms with Crippen LogP contribution in [0.5, 0.6) is 5.75 Å². The van der Waals surface area contributed by atoms with Crippen molar-refractivity contribution in [3.05, 3.63) is 82.2 Å². The quantitative estimate of drug-likeness (QED) is 0.404. The second-order valence-electron chi connectivity index (χ2n) is 5.15. The van der Waals surface area contributed by atoms with Crippen molar-refractivity contribution in [2.75, 3.05) is 6.61 Å². The number of ether oxygens (including phenoxy) is 1. The Labute approximate surface area is 139 Å². The molecular weight excluding hydrogens is 304 g/mol. The summed E-state index contributed by atoms with van der Waals surface area (Å²) in [5.41, 5.74) is 0.614. The normalized spacial score (nSPS) is 11.0. The minimum Gasteiger partial charge on any atom is -0.493 e. The molecule has 3 rings (SSSR count). The van der Waals surface area contributed by atoms with Crippen LogP contribution in [0.15, 0.2) is 69.9 Å². The van der Waals surface area contributed by atoms with Gasteiger partial charge in [0, 0.05) is 10.9 Å². The fourth-order valence-electron chi connectivity index (χ4n) is 2.39. The van der Waals surface area contributed by atoms with Crippen LogP contribution >= 0.6 is 0 Å². The average molecular weight is 320 g/mol. The summed E-state index contributed by atoms with van der Waals surface area (Å²) in [6.45, 7) is 2.43. The SMILES string of the molecule is CCOc1ccccc1/C=C/C(=O)c1cc2ccccc2oc1=O. The van der Waals surface area contributed by atoms with Gasteiger partial charge in [0.15, 0.2) is 5.78 Å². The van der Waals surface area contributed by atoms with Gasteiger partial charge in [0.1, 0.15) is 16.9 Å². The summed E-state index contributed by atoms with van der Waals surface area (Å²) in [4.78, 5) is 24.4. The Morgan fingerprint density at radius 2 is 1.88 bits per heavy atom. The van der Waals surface area contributed by atoms with E-state index >= 15 is 0 Å². The van der Waals surface area contributed by atoms with Crippen LogP contribution in [-0.2, 0) is 0 Å². The molecule has 0 N–H and O–H groups in total. The molecule has 0 aliphatic heterocycles. The number of benzene rings is 2. The highest BCUT2D eigenvalue weighted by atomic mass is 16.5. The van der Waals surface area contributed by atoms with Gasteiger partial charge in [-0.3, -0.25) is 4.79 Å². The lowest BCUT2D eigenvalue weighted by Crippen LogP contribution is -2.11. The van der Waals surface area contributed by atoms with Gasteiger partial charge in [0.25, 0.3) is 0 Å². The standard InChI is InChI=1S/C20H16O4/c1-2-23-18-9-5-3-7-14(18)11-12-17(21)16-13-15-8-4-6-10-19(15)24-20(16)22/h3-13H,2H2,1H3/b12-11+. The number of rotatable bonds is 5. The first-order valence-corrected chi connectivity index (χ1v) is 7.66. The molecule has 120 valence electrons. The van der Waals surface area contributed by atoms with E-state index in [0.29, 0.717) is 23.3 Å². The lowest BCUT2D eigenvalue weighted by molar-refractivity contribution is 0.104. The van der Waals surface area contributed by atoms with Gasteiger partial charge >= 0.3 is 5.63 Å². The van der Waals surface area contributed by atoms with Gasteiger partial charge in [-0.2, -0.15) is 0 Å². The van der Waals surface area contributed by atoms with E-state index in [-0.39, 0.29) is 5.56 Å². The average Bonchev–Trinajstić information content (AvgIpc) is 2.60. The Morgan fingerprint density at radius 1 is 1.12 bits per heavy atom. The van der Waals surface area contributed by atoms with E-state index in [1.807, 2.05) is 37.3 Å². The van der Waals surface area contributed by atoms with Crippen molar-refractivity contribution in [2.45, 2.75) is 6.92 Å². The van der Waals surface area contributed by atoms with E-state index in [2.05, 4.69) is 0 Å². The third kappa shape index (κ3) is 3.27. The Bertz CT molecular complexity index is 967. The number of ketones is 1. The van der Waals surface area contributed by atoms with Crippen LogP contribution in [0.3, 0.4) is 0 Å². The zero-order valence-corrected chi connectivity index (χ0v) is 13.2. The molecule has 3 aromatic rings. The molecule has 4 nitrogen and oxygen atoms in total. The molecule has 1 heterocycles. The van der Waals surface area contributed by atoms with Crippen molar-refractivity contribution in [3.63, 3.8) is 0 Å². The zero-order valence-electron chi connectivity index (χ0n) is 13.2. The highest BCUT2D eigenvalue weighted by molar-refractivity contribution is 6.07. The molecule has 1 aromatic heterocycles. The number of hydrogen-bond donors (Lipinski definition) is 0. The molecular formula is C20H16O4. The molecule has 0 spiro atoms. The highest BCUT2D eigenvalue weighted by Gasteiger charge is 2.11. The predicted molar refractivity (Wildman–Crippen MR) is 93.5 cm³/mol. The van der Waals surface area contributed by atoms with Crippen molar-refractivity contribution < 1.29 is 13.9 Å². The van der Waals surface area contributed by atoms with Crippen molar-refractivity contribution in [2.24, 2.45) is 0 Å². The maximum absolute atomic E-state index is 12.4. The van der Waals surface area contributed by atoms with Gasteiger partial charge < -0.3 is 9.15 Å². The van der Waals surface area contributed by atoms with Crippen LogP contribution in [0.25, 0.3) is 17.0 Å². The molecule has 2 aromatic carbocycles. The molecule has 0 unspecified atom stereocenters. The fraction of sp³-hybridized carbons (Fsp3) is 0.100. The van der Waals surface area contributed by atoms with Crippen LogP contribution < -0.4 is 10.4 Å². The predicted octanol–water partition coefficient (Wildman–Crippen LogP) is 4.09. The molecule has 0 radical (unpaired) electrons. The second kappa shape index (κ2) is 6.96. The lowest BCUT2D eigenvalue weighted by Gasteiger charge is -2.06. The molecule has 0 atom stereocenters. The van der Waals surface area contributed by atoms with Crippen molar-refractivity contribution in [3.8, 4) is 5.75 Å². The smallest absolute Gasteiger partial charge is 0.347 e. The van der Waals surface area contributed by atoms with Gasteiger partial charge in [-0.15, -0.1) is 0 Å². The van der Waals surface area contributed by atoms with E-state index in [1.54, 1.807) is 30.3 Å². The van der Waals surface area contributed by atoms with E-state index in [0.717, 1.165) is 5.56 Å². The molecule has 0 saturated carbocycles. The molecule has 24 heavy (non-hydrogen) atoms. The summed E-state index contributed by atoms with van der Waals surface area (Å²) >= 11 is 0. The number of carbonyl (C=O) groups is 1. The maximum Gasteiger partial charge on any atom is 0.347 e. The summed E-state index contributed by atoms with van der Waals surface area (Å²) in [6.07, 6.45) is 3.00. The van der Waals surface area contributed by atoms with Crippen molar-refractivity contribution in [1.29, 1.82) is 0 Å². The molecule has 0 aliphatic rings. The van der Waals surface area contributed by atoms with Crippen molar-refractivity contribution >= 4 is 22.8 Å². The van der Waals surface area contributed by atoms with E-state index in [9.17, 15) is 9.59 Å². The van der Waals surface area contributed by atoms with Crippen LogP contribution in [0, 0.1) is 0 Å². The Balaban J connectivity index is 1.93. The fourth-order valence-corrected chi connectivity index (χ4v) is 2.39. The number of allylic oxidation sites excluding steroid dienone is 1. The molecule has 0 aliphatic carbocycles. The van der Waals surface area contributed by atoms with Gasteiger partial charge in [-0.25, -0.2) is 4.79 Å². The number of para-hydroxylation sites is 2. The summed E-state index contributed by atoms with van der Waals surface area (Å²) in [7, 11) is 0. The van der Waals surface area contributed by atoms with Gasteiger partial charge in [-0.1, -0.05) is 36.4 Å². The van der Waals surface area contributed by atoms with Crippen LogP contribution in [0.4, 0.5) is 0 Å². The number of hydrogen-bond acceptors (Lipinski definition) is 4. The summed E-state index contributed by atoms with van der Waals surface area (Å²) < 4.78 is 10.7. The van der Waals surface area contributed by atoms with Crippen LogP contribution in [-0.4, -0.2) is 12.4 Å². The number of fused-ring (bicyclic) bond motifs is 1. The highest BCUT2D eigenvalue weighted by Crippen LogP contribution is 2.20. The molecule has 0 amide bonds. The monoisotopic (exact) mass is 320 g/mol. The van der Waals surface area contributed by atoms with Gasteiger partial charge in [-0.05, 0) is 37.3 Å². The summed E-state index contributed by atoms with van der Waals surface area (Å²) in [6, 6.07) is 16.0. The summed E-state index contributed by atoms with van der Waals surface area (Å²) in [5, 5.41) is 0.712. The third-order valence-corrected chi connectivity index (χ3v) is 3.54. The third-order valence-electron chi connectivity index (χ3n) is 3.54. The first-order chi connectivity index (χ1) is 11.7. The number of carbonyl (C=O) groups excluding carboxylic acids is 1. The van der Waals surface area contributed by atoms with E-state index in [1.165, 1.54) is 6.08 Å². The van der Waals surface area contributed by atoms with Crippen molar-refractivity contribution in [1.82, 2.24) is 0 Å². The lowest BCUT2D eigenvalue weighted by atomic mass is 10.1.